The van der Waals surface area contributed by atoms with Crippen molar-refractivity contribution in [2.24, 2.45) is 0 Å². The van der Waals surface area contributed by atoms with Gasteiger partial charge in [0.2, 0.25) is 0 Å². The van der Waals surface area contributed by atoms with Gasteiger partial charge in [-0.15, -0.1) is 11.3 Å². The Morgan fingerprint density at radius 3 is 2.89 bits per heavy atom. The predicted octanol–water partition coefficient (Wildman–Crippen LogP) is 3.59. The molecule has 2 aromatic rings. The molecule has 4 nitrogen and oxygen atoms in total. The number of nitrogens with one attached hydrogen (secondary N) is 2. The van der Waals surface area contributed by atoms with Gasteiger partial charge < -0.3 is 5.32 Å². The van der Waals surface area contributed by atoms with E-state index < -0.39 is 0 Å². The van der Waals surface area contributed by atoms with E-state index in [-0.39, 0.29) is 0 Å². The Morgan fingerprint density at radius 1 is 1.33 bits per heavy atom. The highest BCUT2D eigenvalue weighted by atomic mass is 32.1. The van der Waals surface area contributed by atoms with Crippen LogP contribution in [0.5, 0.6) is 0 Å². The van der Waals surface area contributed by atoms with E-state index in [0.29, 0.717) is 6.04 Å². The Balaban J connectivity index is 1.75. The van der Waals surface area contributed by atoms with E-state index in [1.807, 2.05) is 12.4 Å². The molecule has 1 aliphatic carbocycles. The summed E-state index contributed by atoms with van der Waals surface area (Å²) in [5.74, 6) is 0. The molecule has 18 heavy (non-hydrogen) atoms. The number of thiazole rings is 1. The van der Waals surface area contributed by atoms with E-state index in [0.717, 1.165) is 16.4 Å². The molecule has 0 atom stereocenters. The minimum absolute atomic E-state index is 0.612. The lowest BCUT2D eigenvalue weighted by Gasteiger charge is -2.22. The van der Waals surface area contributed by atoms with Crippen LogP contribution < -0.4 is 5.32 Å². The summed E-state index contributed by atoms with van der Waals surface area (Å²) in [6.45, 7) is 2.12. The summed E-state index contributed by atoms with van der Waals surface area (Å²) in [7, 11) is 0. The van der Waals surface area contributed by atoms with Gasteiger partial charge in [0.15, 0.2) is 5.13 Å². The zero-order valence-electron chi connectivity index (χ0n) is 10.6. The number of aromatic nitrogens is 3. The summed E-state index contributed by atoms with van der Waals surface area (Å²) in [4.78, 5) is 5.94. The van der Waals surface area contributed by atoms with Gasteiger partial charge in [0.1, 0.15) is 0 Å². The maximum Gasteiger partial charge on any atom is 0.183 e. The van der Waals surface area contributed by atoms with Crippen LogP contribution in [0.15, 0.2) is 12.4 Å². The Morgan fingerprint density at radius 2 is 2.17 bits per heavy atom. The molecule has 1 fully saturated rings. The molecule has 5 heteroatoms. The Bertz CT molecular complexity index is 497. The third kappa shape index (κ3) is 2.41. The fourth-order valence-corrected chi connectivity index (χ4v) is 3.44. The van der Waals surface area contributed by atoms with Crippen molar-refractivity contribution in [2.75, 3.05) is 5.32 Å². The second kappa shape index (κ2) is 5.10. The van der Waals surface area contributed by atoms with Crippen LogP contribution in [0.25, 0.3) is 11.3 Å². The van der Waals surface area contributed by atoms with Crippen molar-refractivity contribution in [1.82, 2.24) is 15.2 Å². The van der Waals surface area contributed by atoms with Crippen LogP contribution in [0.4, 0.5) is 5.13 Å². The molecule has 2 N–H and O–H groups in total. The number of hydrogen-bond donors (Lipinski definition) is 2. The first-order chi connectivity index (χ1) is 8.83. The zero-order valence-corrected chi connectivity index (χ0v) is 11.4. The minimum atomic E-state index is 0.612. The van der Waals surface area contributed by atoms with Gasteiger partial charge in [0.25, 0.3) is 0 Å². The highest BCUT2D eigenvalue weighted by molar-refractivity contribution is 7.16. The van der Waals surface area contributed by atoms with Crippen molar-refractivity contribution in [1.29, 1.82) is 0 Å². The van der Waals surface area contributed by atoms with Crippen molar-refractivity contribution in [3.63, 3.8) is 0 Å². The van der Waals surface area contributed by atoms with Gasteiger partial charge in [0.05, 0.1) is 11.9 Å². The van der Waals surface area contributed by atoms with Crippen molar-refractivity contribution in [3.8, 4) is 11.3 Å². The van der Waals surface area contributed by atoms with Gasteiger partial charge in [0, 0.05) is 22.7 Å². The summed E-state index contributed by atoms with van der Waals surface area (Å²) < 4.78 is 0. The lowest BCUT2D eigenvalue weighted by Crippen LogP contribution is -2.21. The topological polar surface area (TPSA) is 53.6 Å². The molecular weight excluding hydrogens is 244 g/mol. The zero-order chi connectivity index (χ0) is 12.4. The van der Waals surface area contributed by atoms with Crippen molar-refractivity contribution < 1.29 is 0 Å². The number of nitrogens with zero attached hydrogens (tertiary/aromatic N) is 2. The van der Waals surface area contributed by atoms with Gasteiger partial charge >= 0.3 is 0 Å². The summed E-state index contributed by atoms with van der Waals surface area (Å²) in [5.41, 5.74) is 2.12. The van der Waals surface area contributed by atoms with Gasteiger partial charge in [-0.25, -0.2) is 4.98 Å². The third-order valence-corrected chi connectivity index (χ3v) is 4.40. The largest absolute Gasteiger partial charge is 0.359 e. The van der Waals surface area contributed by atoms with Gasteiger partial charge in [-0.3, -0.25) is 5.10 Å². The van der Waals surface area contributed by atoms with Crippen LogP contribution in [0, 0.1) is 6.92 Å². The molecule has 96 valence electrons. The number of H-pyrrole nitrogens is 1. The molecule has 1 saturated carbocycles. The molecule has 3 rings (SSSR count). The molecule has 0 spiro atoms. The van der Waals surface area contributed by atoms with Crippen molar-refractivity contribution in [3.05, 3.63) is 17.3 Å². The lowest BCUT2D eigenvalue weighted by atomic mass is 9.96. The fourth-order valence-electron chi connectivity index (χ4n) is 2.53. The molecule has 0 amide bonds. The van der Waals surface area contributed by atoms with E-state index >= 15 is 0 Å². The predicted molar refractivity (Wildman–Crippen MR) is 74.9 cm³/mol. The van der Waals surface area contributed by atoms with Crippen LogP contribution in [-0.2, 0) is 0 Å². The van der Waals surface area contributed by atoms with Crippen LogP contribution in [0.3, 0.4) is 0 Å². The fraction of sp³-hybridized carbons (Fsp3) is 0.538. The first-order valence-corrected chi connectivity index (χ1v) is 7.37. The van der Waals surface area contributed by atoms with Crippen LogP contribution in [-0.4, -0.2) is 21.2 Å². The second-order valence-corrected chi connectivity index (χ2v) is 6.09. The number of rotatable bonds is 3. The average Bonchev–Trinajstić information content (AvgIpc) is 3.00. The summed E-state index contributed by atoms with van der Waals surface area (Å²) in [6, 6.07) is 0.612. The number of aromatic amines is 1. The average molecular weight is 262 g/mol. The molecule has 0 aliphatic heterocycles. The van der Waals surface area contributed by atoms with Gasteiger partial charge in [-0.05, 0) is 19.8 Å². The normalized spacial score (nSPS) is 16.9. The first-order valence-electron chi connectivity index (χ1n) is 6.56. The molecule has 0 unspecified atom stereocenters. The quantitative estimate of drug-likeness (QED) is 0.888. The first kappa shape index (κ1) is 11.7. The van der Waals surface area contributed by atoms with Crippen LogP contribution in [0.2, 0.25) is 0 Å². The maximum absolute atomic E-state index is 4.69. The SMILES string of the molecule is Cc1sc(NC2CCCCC2)nc1-c1cn[nH]c1. The van der Waals surface area contributed by atoms with E-state index in [4.69, 9.17) is 4.98 Å². The summed E-state index contributed by atoms with van der Waals surface area (Å²) >= 11 is 1.74. The lowest BCUT2D eigenvalue weighted by molar-refractivity contribution is 0.462. The maximum atomic E-state index is 4.69. The van der Waals surface area contributed by atoms with E-state index in [1.165, 1.54) is 37.0 Å². The Hall–Kier alpha value is -1.36. The smallest absolute Gasteiger partial charge is 0.183 e. The third-order valence-electron chi connectivity index (χ3n) is 3.50. The number of anilines is 1. The standard InChI is InChI=1S/C13H18N4S/c1-9-12(10-7-14-15-8-10)17-13(18-9)16-11-5-3-2-4-6-11/h7-8,11H,2-6H2,1H3,(H,14,15)(H,16,17). The summed E-state index contributed by atoms with van der Waals surface area (Å²) in [6.07, 6.45) is 10.3. The molecule has 2 aromatic heterocycles. The molecular formula is C13H18N4S. The molecule has 0 radical (unpaired) electrons. The summed E-state index contributed by atoms with van der Waals surface area (Å²) in [5, 5.41) is 11.5. The Kier molecular flexibility index (Phi) is 3.32. The molecule has 0 saturated heterocycles. The number of hydrogen-bond acceptors (Lipinski definition) is 4. The van der Waals surface area contributed by atoms with Gasteiger partial charge in [-0.2, -0.15) is 5.10 Å². The molecule has 0 aromatic carbocycles. The highest BCUT2D eigenvalue weighted by Crippen LogP contribution is 2.31. The molecule has 2 heterocycles. The van der Waals surface area contributed by atoms with Crippen molar-refractivity contribution in [2.45, 2.75) is 45.1 Å². The monoisotopic (exact) mass is 262 g/mol. The molecule has 1 aliphatic rings. The van der Waals surface area contributed by atoms with E-state index in [2.05, 4.69) is 22.4 Å². The van der Waals surface area contributed by atoms with Crippen molar-refractivity contribution >= 4 is 16.5 Å². The van der Waals surface area contributed by atoms with E-state index in [1.54, 1.807) is 11.3 Å². The Labute approximate surface area is 111 Å². The van der Waals surface area contributed by atoms with Crippen LogP contribution >= 0.6 is 11.3 Å². The van der Waals surface area contributed by atoms with E-state index in [9.17, 15) is 0 Å². The second-order valence-electron chi connectivity index (χ2n) is 4.89. The number of aryl methyl sites for hydroxylation is 1. The van der Waals surface area contributed by atoms with Gasteiger partial charge in [-0.1, -0.05) is 19.3 Å². The minimum Gasteiger partial charge on any atom is -0.359 e. The van der Waals surface area contributed by atoms with Crippen LogP contribution in [0.1, 0.15) is 37.0 Å². The highest BCUT2D eigenvalue weighted by Gasteiger charge is 2.16. The molecule has 0 bridgehead atoms.